The van der Waals surface area contributed by atoms with Crippen molar-refractivity contribution in [2.45, 2.75) is 45.4 Å². The van der Waals surface area contributed by atoms with Crippen molar-refractivity contribution in [3.8, 4) is 28.5 Å². The van der Waals surface area contributed by atoms with Crippen LogP contribution in [0.3, 0.4) is 0 Å². The summed E-state index contributed by atoms with van der Waals surface area (Å²) < 4.78 is 73.7. The van der Waals surface area contributed by atoms with Gasteiger partial charge in [0.15, 0.2) is 23.3 Å². The molecule has 0 fully saturated rings. The van der Waals surface area contributed by atoms with Crippen LogP contribution in [0.25, 0.3) is 50.3 Å². The SMILES string of the molecule is CC(C)(C)c1ccnc(-n2c3[c-]c(N4c5ccccc5C(C)(C)c5ccc(-c6cc(-c7c(F)c(F)c(F)c(F)c7F)n[n-]6)nc54)ccc3c3ccccc32)c1.[Pt+2]. The van der Waals surface area contributed by atoms with E-state index in [0.29, 0.717) is 11.5 Å². The maximum atomic E-state index is 14.8. The predicted octanol–water partition coefficient (Wildman–Crippen LogP) is 11.2. The van der Waals surface area contributed by atoms with Gasteiger partial charge in [0.2, 0.25) is 5.82 Å². The summed E-state index contributed by atoms with van der Waals surface area (Å²) in [6, 6.07) is 32.9. The van der Waals surface area contributed by atoms with Crippen molar-refractivity contribution in [2.24, 2.45) is 0 Å². The van der Waals surface area contributed by atoms with E-state index in [9.17, 15) is 22.0 Å². The van der Waals surface area contributed by atoms with Crippen LogP contribution in [-0.2, 0) is 31.9 Å². The minimum absolute atomic E-state index is 0. The molecule has 0 amide bonds. The molecule has 0 spiro atoms. The fourth-order valence-electron chi connectivity index (χ4n) is 7.58. The first-order chi connectivity index (χ1) is 26.3. The molecule has 4 aromatic heterocycles. The first-order valence-corrected chi connectivity index (χ1v) is 17.6. The van der Waals surface area contributed by atoms with Gasteiger partial charge in [0.25, 0.3) is 0 Å². The number of pyridine rings is 2. The van der Waals surface area contributed by atoms with Crippen molar-refractivity contribution in [3.63, 3.8) is 0 Å². The number of anilines is 3. The third kappa shape index (κ3) is 5.58. The number of para-hydroxylation sites is 2. The molecule has 0 saturated carbocycles. The van der Waals surface area contributed by atoms with Gasteiger partial charge in [-0.25, -0.2) is 31.9 Å². The molecular formula is C44H31F5N6Pt. The molecule has 0 aliphatic carbocycles. The maximum absolute atomic E-state index is 14.8. The molecule has 1 aliphatic rings. The summed E-state index contributed by atoms with van der Waals surface area (Å²) in [5, 5.41) is 9.91. The van der Waals surface area contributed by atoms with E-state index in [4.69, 9.17) is 9.97 Å². The largest absolute Gasteiger partial charge is 2.00 e. The van der Waals surface area contributed by atoms with E-state index in [2.05, 4.69) is 85.8 Å². The summed E-state index contributed by atoms with van der Waals surface area (Å²) in [6.07, 6.45) is 1.83. The molecule has 0 saturated heterocycles. The van der Waals surface area contributed by atoms with Gasteiger partial charge in [-0.2, -0.15) is 6.07 Å². The van der Waals surface area contributed by atoms with Crippen LogP contribution < -0.4 is 10.00 Å². The van der Waals surface area contributed by atoms with E-state index in [1.54, 1.807) is 6.07 Å². The van der Waals surface area contributed by atoms with Gasteiger partial charge in [0, 0.05) is 28.4 Å². The van der Waals surface area contributed by atoms with E-state index >= 15 is 0 Å². The van der Waals surface area contributed by atoms with Gasteiger partial charge < -0.3 is 19.7 Å². The molecule has 0 bridgehead atoms. The molecule has 9 rings (SSSR count). The van der Waals surface area contributed by atoms with Crippen LogP contribution in [0.5, 0.6) is 0 Å². The average Bonchev–Trinajstić information content (AvgIpc) is 3.79. The van der Waals surface area contributed by atoms with Gasteiger partial charge in [-0.3, -0.25) is 0 Å². The van der Waals surface area contributed by atoms with Crippen LogP contribution >= 0.6 is 0 Å². The molecule has 6 nitrogen and oxygen atoms in total. The molecule has 0 radical (unpaired) electrons. The zero-order valence-electron chi connectivity index (χ0n) is 30.6. The second-order valence-corrected chi connectivity index (χ2v) is 15.2. The van der Waals surface area contributed by atoms with Gasteiger partial charge in [0.1, 0.15) is 11.6 Å². The first kappa shape index (κ1) is 37.3. The van der Waals surface area contributed by atoms with E-state index < -0.39 is 45.8 Å². The Balaban J connectivity index is 0.00000441. The van der Waals surface area contributed by atoms with E-state index in [1.807, 2.05) is 59.6 Å². The van der Waals surface area contributed by atoms with Crippen molar-refractivity contribution in [1.29, 1.82) is 0 Å². The molecule has 4 aromatic carbocycles. The fourth-order valence-corrected chi connectivity index (χ4v) is 7.58. The Hall–Kier alpha value is -5.67. The van der Waals surface area contributed by atoms with E-state index in [0.717, 1.165) is 56.1 Å². The molecule has 12 heteroatoms. The number of nitrogens with zero attached hydrogens (tertiary/aromatic N) is 6. The fraction of sp³-hybridized carbons (Fsp3) is 0.159. The first-order valence-electron chi connectivity index (χ1n) is 17.6. The Morgan fingerprint density at radius 2 is 1.41 bits per heavy atom. The molecule has 0 unspecified atom stereocenters. The minimum Gasteiger partial charge on any atom is -0.573 e. The quantitative estimate of drug-likeness (QED) is 0.0762. The summed E-state index contributed by atoms with van der Waals surface area (Å²) in [7, 11) is 0. The minimum atomic E-state index is -2.25. The van der Waals surface area contributed by atoms with Gasteiger partial charge in [0.05, 0.1) is 17.0 Å². The van der Waals surface area contributed by atoms with Crippen molar-refractivity contribution in [2.75, 3.05) is 4.90 Å². The van der Waals surface area contributed by atoms with Gasteiger partial charge in [-0.15, -0.1) is 17.5 Å². The Morgan fingerprint density at radius 1 is 0.714 bits per heavy atom. The van der Waals surface area contributed by atoms with Gasteiger partial charge in [-0.1, -0.05) is 94.0 Å². The molecule has 8 aromatic rings. The van der Waals surface area contributed by atoms with Crippen LogP contribution in [-0.4, -0.2) is 19.6 Å². The van der Waals surface area contributed by atoms with Crippen molar-refractivity contribution in [3.05, 3.63) is 149 Å². The van der Waals surface area contributed by atoms with Crippen LogP contribution in [0.15, 0.2) is 97.2 Å². The van der Waals surface area contributed by atoms with E-state index in [1.165, 1.54) is 0 Å². The van der Waals surface area contributed by atoms with Crippen LogP contribution in [0.4, 0.5) is 39.1 Å². The average molecular weight is 934 g/mol. The van der Waals surface area contributed by atoms with Crippen molar-refractivity contribution in [1.82, 2.24) is 24.7 Å². The van der Waals surface area contributed by atoms with Crippen LogP contribution in [0.1, 0.15) is 51.3 Å². The van der Waals surface area contributed by atoms with Crippen molar-refractivity contribution < 1.29 is 43.0 Å². The number of hydrogen-bond acceptors (Lipinski definition) is 4. The zero-order valence-corrected chi connectivity index (χ0v) is 32.9. The molecule has 1 aliphatic heterocycles. The molecule has 0 atom stereocenters. The normalized spacial score (nSPS) is 13.5. The predicted molar refractivity (Wildman–Crippen MR) is 202 cm³/mol. The van der Waals surface area contributed by atoms with Gasteiger partial charge in [-0.05, 0) is 58.3 Å². The Kier molecular flexibility index (Phi) is 8.80. The monoisotopic (exact) mass is 933 g/mol. The van der Waals surface area contributed by atoms with Gasteiger partial charge >= 0.3 is 21.1 Å². The molecule has 56 heavy (non-hydrogen) atoms. The third-order valence-electron chi connectivity index (χ3n) is 10.5. The number of fused-ring (bicyclic) bond motifs is 5. The standard InChI is InChI=1S/C44H31F5N6.Pt/c1-43(2,3)23-18-19-50-35(20-23)55-32-12-8-6-10-25(32)26-15-14-24(21-34(26)55)54-33-13-9-7-11-27(33)44(4,5)28-16-17-29(51-42(28)54)30-22-31(53-52-30)36-37(45)39(47)41(49)40(48)38(36)46;/h6-20,22H,1-5H3;/q-2;+2. The summed E-state index contributed by atoms with van der Waals surface area (Å²) in [6.45, 7) is 10.7. The summed E-state index contributed by atoms with van der Waals surface area (Å²) >= 11 is 0. The van der Waals surface area contributed by atoms with Crippen molar-refractivity contribution >= 4 is 39.0 Å². The smallest absolute Gasteiger partial charge is 0.573 e. The molecular weight excluding hydrogens is 903 g/mol. The summed E-state index contributed by atoms with van der Waals surface area (Å²) in [4.78, 5) is 11.9. The number of halogens is 5. The zero-order chi connectivity index (χ0) is 38.6. The Labute approximate surface area is 333 Å². The molecule has 0 N–H and O–H groups in total. The Bertz CT molecular complexity index is 2840. The summed E-state index contributed by atoms with van der Waals surface area (Å²) in [5.41, 5.74) is 4.47. The molecule has 5 heterocycles. The number of hydrogen-bond donors (Lipinski definition) is 0. The van der Waals surface area contributed by atoms with E-state index in [-0.39, 0.29) is 37.9 Å². The Morgan fingerprint density at radius 3 is 2.16 bits per heavy atom. The number of aromatic nitrogens is 5. The molecule has 282 valence electrons. The van der Waals surface area contributed by atoms with Crippen LogP contribution in [0.2, 0.25) is 0 Å². The number of benzene rings is 4. The third-order valence-corrected chi connectivity index (χ3v) is 10.5. The second-order valence-electron chi connectivity index (χ2n) is 15.2. The summed E-state index contributed by atoms with van der Waals surface area (Å²) in [5.74, 6) is -9.05. The topological polar surface area (TPSA) is 60.9 Å². The maximum Gasteiger partial charge on any atom is 2.00 e. The second kappa shape index (κ2) is 13.2. The number of rotatable bonds is 4. The van der Waals surface area contributed by atoms with Crippen LogP contribution in [0, 0.1) is 35.2 Å².